The lowest BCUT2D eigenvalue weighted by Gasteiger charge is -2.26. The van der Waals surface area contributed by atoms with Gasteiger partial charge in [-0.3, -0.25) is 9.80 Å². The zero-order valence-corrected chi connectivity index (χ0v) is 8.36. The van der Waals surface area contributed by atoms with E-state index < -0.39 is 0 Å². The van der Waals surface area contributed by atoms with Crippen molar-refractivity contribution in [3.05, 3.63) is 0 Å². The van der Waals surface area contributed by atoms with E-state index in [2.05, 4.69) is 0 Å². The van der Waals surface area contributed by atoms with Crippen LogP contribution in [-0.4, -0.2) is 46.8 Å². The molecule has 1 unspecified atom stereocenters. The maximum Gasteiger partial charge on any atom is 0.238 e. The second-order valence-corrected chi connectivity index (χ2v) is 3.45. The highest BCUT2D eigenvalue weighted by molar-refractivity contribution is 5.77. The quantitative estimate of drug-likeness (QED) is 0.683. The van der Waals surface area contributed by atoms with Crippen LogP contribution in [0.25, 0.3) is 0 Å². The Morgan fingerprint density at radius 3 is 2.85 bits per heavy atom. The highest BCUT2D eigenvalue weighted by Crippen LogP contribution is 2.12. The summed E-state index contributed by atoms with van der Waals surface area (Å²) < 4.78 is 0. The maximum atomic E-state index is 11.3. The van der Waals surface area contributed by atoms with Gasteiger partial charge in [0.25, 0.3) is 0 Å². The minimum Gasteiger partial charge on any atom is -0.393 e. The van der Waals surface area contributed by atoms with Gasteiger partial charge < -0.3 is 5.11 Å². The Labute approximate surface area is 79.1 Å². The van der Waals surface area contributed by atoms with E-state index in [1.165, 1.54) is 0 Å². The van der Waals surface area contributed by atoms with Gasteiger partial charge in [-0.25, -0.2) is 5.01 Å². The third-order valence-corrected chi connectivity index (χ3v) is 2.32. The Bertz CT molecular complexity index is 182. The van der Waals surface area contributed by atoms with E-state index in [1.54, 1.807) is 11.9 Å². The fourth-order valence-corrected chi connectivity index (χ4v) is 1.58. The number of aliphatic hydroxyl groups excluding tert-OH is 1. The topological polar surface area (TPSA) is 43.8 Å². The van der Waals surface area contributed by atoms with Crippen molar-refractivity contribution in [1.29, 1.82) is 0 Å². The molecule has 1 atom stereocenters. The van der Waals surface area contributed by atoms with Gasteiger partial charge in [0, 0.05) is 26.1 Å². The number of amides is 1. The van der Waals surface area contributed by atoms with Gasteiger partial charge in [-0.05, 0) is 20.3 Å². The van der Waals surface area contributed by atoms with Crippen LogP contribution in [0.1, 0.15) is 26.7 Å². The Balaban J connectivity index is 2.37. The first-order valence-corrected chi connectivity index (χ1v) is 4.88. The van der Waals surface area contributed by atoms with E-state index in [0.29, 0.717) is 6.42 Å². The van der Waals surface area contributed by atoms with Gasteiger partial charge in [0.1, 0.15) is 0 Å². The molecule has 4 nitrogen and oxygen atoms in total. The van der Waals surface area contributed by atoms with Crippen LogP contribution in [0.2, 0.25) is 0 Å². The lowest BCUT2D eigenvalue weighted by Crippen LogP contribution is -2.40. The van der Waals surface area contributed by atoms with Crippen LogP contribution in [0.3, 0.4) is 0 Å². The van der Waals surface area contributed by atoms with Crippen molar-refractivity contribution in [3.8, 4) is 0 Å². The second-order valence-electron chi connectivity index (χ2n) is 3.45. The standard InChI is InChI=1S/C9H18N2O2/c1-3-11-9(13)5-7-10(11)6-4-8(2)12/h8,12H,3-7H2,1-2H3. The molecule has 0 aromatic heterocycles. The number of carbonyl (C=O) groups excluding carboxylic acids is 1. The maximum absolute atomic E-state index is 11.3. The summed E-state index contributed by atoms with van der Waals surface area (Å²) in [5.41, 5.74) is 0. The second kappa shape index (κ2) is 4.58. The molecule has 4 heteroatoms. The predicted molar refractivity (Wildman–Crippen MR) is 49.9 cm³/mol. The summed E-state index contributed by atoms with van der Waals surface area (Å²) in [5.74, 6) is 0.202. The molecule has 0 spiro atoms. The van der Waals surface area contributed by atoms with Gasteiger partial charge in [-0.2, -0.15) is 0 Å². The Morgan fingerprint density at radius 2 is 2.31 bits per heavy atom. The Morgan fingerprint density at radius 1 is 1.62 bits per heavy atom. The van der Waals surface area contributed by atoms with Crippen molar-refractivity contribution >= 4 is 5.91 Å². The molecule has 1 rings (SSSR count). The number of hydrogen-bond donors (Lipinski definition) is 1. The highest BCUT2D eigenvalue weighted by Gasteiger charge is 2.26. The summed E-state index contributed by atoms with van der Waals surface area (Å²) >= 11 is 0. The van der Waals surface area contributed by atoms with Gasteiger partial charge in [-0.1, -0.05) is 0 Å². The van der Waals surface area contributed by atoms with Gasteiger partial charge in [0.15, 0.2) is 0 Å². The highest BCUT2D eigenvalue weighted by atomic mass is 16.3. The fourth-order valence-electron chi connectivity index (χ4n) is 1.58. The number of aliphatic hydroxyl groups is 1. The van der Waals surface area contributed by atoms with Crippen molar-refractivity contribution in [2.75, 3.05) is 19.6 Å². The summed E-state index contributed by atoms with van der Waals surface area (Å²) in [5, 5.41) is 12.9. The van der Waals surface area contributed by atoms with E-state index in [0.717, 1.165) is 26.1 Å². The van der Waals surface area contributed by atoms with E-state index in [-0.39, 0.29) is 12.0 Å². The van der Waals surface area contributed by atoms with E-state index in [4.69, 9.17) is 5.11 Å². The van der Waals surface area contributed by atoms with Crippen LogP contribution < -0.4 is 0 Å². The molecule has 1 amide bonds. The van der Waals surface area contributed by atoms with Crippen LogP contribution in [0.4, 0.5) is 0 Å². The molecule has 1 saturated heterocycles. The van der Waals surface area contributed by atoms with Crippen LogP contribution in [0, 0.1) is 0 Å². The molecule has 0 aliphatic carbocycles. The first kappa shape index (κ1) is 10.5. The zero-order chi connectivity index (χ0) is 9.84. The molecular weight excluding hydrogens is 168 g/mol. The zero-order valence-electron chi connectivity index (χ0n) is 8.36. The molecule has 0 aromatic carbocycles. The van der Waals surface area contributed by atoms with E-state index in [9.17, 15) is 4.79 Å². The third kappa shape index (κ3) is 2.67. The number of hydrazine groups is 1. The van der Waals surface area contributed by atoms with Crippen molar-refractivity contribution < 1.29 is 9.90 Å². The van der Waals surface area contributed by atoms with Crippen molar-refractivity contribution in [2.45, 2.75) is 32.8 Å². The lowest BCUT2D eigenvalue weighted by molar-refractivity contribution is -0.137. The minimum atomic E-state index is -0.283. The molecule has 1 fully saturated rings. The number of nitrogens with zero attached hydrogens (tertiary/aromatic N) is 2. The SMILES string of the molecule is CCN1C(=O)CCN1CCC(C)O. The minimum absolute atomic E-state index is 0.202. The summed E-state index contributed by atoms with van der Waals surface area (Å²) in [6, 6.07) is 0. The Hall–Kier alpha value is -0.610. The molecule has 76 valence electrons. The van der Waals surface area contributed by atoms with E-state index in [1.807, 2.05) is 11.9 Å². The molecule has 13 heavy (non-hydrogen) atoms. The van der Waals surface area contributed by atoms with Crippen LogP contribution in [0.5, 0.6) is 0 Å². The normalized spacial score (nSPS) is 21.2. The van der Waals surface area contributed by atoms with Crippen molar-refractivity contribution in [3.63, 3.8) is 0 Å². The molecule has 1 heterocycles. The van der Waals surface area contributed by atoms with Crippen LogP contribution in [0.15, 0.2) is 0 Å². The third-order valence-electron chi connectivity index (χ3n) is 2.32. The van der Waals surface area contributed by atoms with Crippen molar-refractivity contribution in [2.24, 2.45) is 0 Å². The molecule has 0 saturated carbocycles. The summed E-state index contributed by atoms with van der Waals surface area (Å²) in [6.45, 7) is 6.06. The number of carbonyl (C=O) groups is 1. The molecule has 1 aliphatic rings. The summed E-state index contributed by atoms with van der Waals surface area (Å²) in [6.07, 6.45) is 1.06. The van der Waals surface area contributed by atoms with Gasteiger partial charge >= 0.3 is 0 Å². The number of rotatable bonds is 4. The fraction of sp³-hybridized carbons (Fsp3) is 0.889. The largest absolute Gasteiger partial charge is 0.393 e. The monoisotopic (exact) mass is 186 g/mol. The molecular formula is C9H18N2O2. The lowest BCUT2D eigenvalue weighted by atomic mass is 10.3. The molecule has 0 bridgehead atoms. The summed E-state index contributed by atoms with van der Waals surface area (Å²) in [7, 11) is 0. The van der Waals surface area contributed by atoms with Crippen LogP contribution >= 0.6 is 0 Å². The smallest absolute Gasteiger partial charge is 0.238 e. The molecule has 1 N–H and O–H groups in total. The predicted octanol–water partition coefficient (Wildman–Crippen LogP) is 0.226. The van der Waals surface area contributed by atoms with Gasteiger partial charge in [0.2, 0.25) is 5.91 Å². The first-order chi connectivity index (χ1) is 6.15. The van der Waals surface area contributed by atoms with Crippen LogP contribution in [-0.2, 0) is 4.79 Å². The molecule has 1 aliphatic heterocycles. The van der Waals surface area contributed by atoms with Gasteiger partial charge in [-0.15, -0.1) is 0 Å². The summed E-state index contributed by atoms with van der Waals surface area (Å²) in [4.78, 5) is 11.3. The number of hydrogen-bond acceptors (Lipinski definition) is 3. The molecule has 0 aromatic rings. The van der Waals surface area contributed by atoms with E-state index >= 15 is 0 Å². The average Bonchev–Trinajstić information content (AvgIpc) is 2.42. The Kier molecular flexibility index (Phi) is 3.69. The first-order valence-electron chi connectivity index (χ1n) is 4.88. The average molecular weight is 186 g/mol. The van der Waals surface area contributed by atoms with Gasteiger partial charge in [0.05, 0.1) is 6.10 Å². The van der Waals surface area contributed by atoms with Crippen molar-refractivity contribution in [1.82, 2.24) is 10.0 Å². The molecule has 0 radical (unpaired) electrons.